The molecule has 140 heavy (non-hydrogen) atoms. The SMILES string of the molecule is CC(C)(C)c1c(OCOP(=O)(OCOc2ccc(-c3coc4cc(OCc5coc(-c6cc(F)cc(C(F)(F)F)c6)n5)ccc4c3=O)c(C(C)(C)C)c2C(C)(C)C)OCOc2ccc(-c3coc4cc(OCc5coc(-c6cc(F)cc(C(F)(F)F)c6)n5)ccc4c3=O)c(C(C)(C)C)c2C(C)(C)C)ccc(-c2coc3cc(OCc4coc(-c5cc(F)cc(C(F)(F)F)c5)n4)ccc3c2=O)c1C(C)(C)C. The van der Waals surface area contributed by atoms with Crippen molar-refractivity contribution in [3.05, 3.63) is 298 Å². The number of hydrogen-bond donors (Lipinski definition) is 0. The van der Waals surface area contributed by atoms with Gasteiger partial charge < -0.3 is 54.9 Å². The molecule has 0 aliphatic rings. The number of fused-ring (bicyclic) bond motifs is 3. The molecule has 15 aromatic rings. The Balaban J connectivity index is 0.714. The molecule has 0 amide bonds. The molecule has 15 rings (SSSR count). The number of phosphoric acid groups is 1. The van der Waals surface area contributed by atoms with E-state index in [2.05, 4.69) is 15.0 Å². The van der Waals surface area contributed by atoms with Gasteiger partial charge in [-0.2, -0.15) is 39.5 Å². The Morgan fingerprint density at radius 1 is 0.286 bits per heavy atom. The number of alkyl halides is 9. The third-order valence-electron chi connectivity index (χ3n) is 22.6. The lowest BCUT2D eigenvalue weighted by Crippen LogP contribution is -2.26. The van der Waals surface area contributed by atoms with Crippen LogP contribution in [0.3, 0.4) is 0 Å². The largest absolute Gasteiger partial charge is 0.487 e. The van der Waals surface area contributed by atoms with Gasteiger partial charge in [-0.05, 0) is 175 Å². The predicted molar refractivity (Wildman–Crippen MR) is 497 cm³/mol. The van der Waals surface area contributed by atoms with E-state index in [4.69, 9.17) is 68.5 Å². The van der Waals surface area contributed by atoms with Crippen molar-refractivity contribution in [3.63, 3.8) is 0 Å². The van der Waals surface area contributed by atoms with Gasteiger partial charge in [0.15, 0.2) is 20.4 Å². The monoisotopic (exact) mass is 1960 g/mol. The first-order valence-electron chi connectivity index (χ1n) is 43.8. The van der Waals surface area contributed by atoms with Crippen molar-refractivity contribution < 1.29 is 126 Å². The maximum atomic E-state index is 15.9. The lowest BCUT2D eigenvalue weighted by molar-refractivity contribution is -0.138. The van der Waals surface area contributed by atoms with Crippen molar-refractivity contribution in [1.82, 2.24) is 15.0 Å². The van der Waals surface area contributed by atoms with Crippen LogP contribution < -0.4 is 44.7 Å². The number of phosphoric ester groups is 1. The maximum absolute atomic E-state index is 15.9. The summed E-state index contributed by atoms with van der Waals surface area (Å²) in [5.41, 5.74) is -3.61. The highest BCUT2D eigenvalue weighted by molar-refractivity contribution is 7.48. The Kier molecular flexibility index (Phi) is 27.2. The lowest BCUT2D eigenvalue weighted by atomic mass is 9.72. The Labute approximate surface area is 794 Å². The van der Waals surface area contributed by atoms with Gasteiger partial charge >= 0.3 is 26.4 Å². The summed E-state index contributed by atoms with van der Waals surface area (Å²) in [5, 5.41) is 0.512. The summed E-state index contributed by atoms with van der Waals surface area (Å²) in [6.07, 6.45) is -7.04. The van der Waals surface area contributed by atoms with Crippen LogP contribution in [0.25, 0.3) is 101 Å². The van der Waals surface area contributed by atoms with Gasteiger partial charge in [0.25, 0.3) is 0 Å². The second-order valence-corrected chi connectivity index (χ2v) is 41.3. The molecule has 734 valence electrons. The lowest BCUT2D eigenvalue weighted by Gasteiger charge is -2.34. The molecule has 9 aromatic carbocycles. The Morgan fingerprint density at radius 2 is 0.536 bits per heavy atom. The number of ether oxygens (including phenoxy) is 6. The number of benzene rings is 9. The fourth-order valence-electron chi connectivity index (χ4n) is 16.7. The van der Waals surface area contributed by atoms with Gasteiger partial charge in [-0.3, -0.25) is 14.4 Å². The van der Waals surface area contributed by atoms with Crippen LogP contribution in [0.1, 0.15) is 192 Å². The number of aromatic nitrogens is 3. The molecule has 0 aliphatic carbocycles. The first-order valence-corrected chi connectivity index (χ1v) is 45.3. The van der Waals surface area contributed by atoms with Crippen molar-refractivity contribution in [1.29, 1.82) is 0 Å². The molecule has 0 radical (unpaired) electrons. The number of rotatable bonds is 27. The normalized spacial score (nSPS) is 12.9. The summed E-state index contributed by atoms with van der Waals surface area (Å²) in [6, 6.07) is 29.4. The minimum Gasteiger partial charge on any atom is -0.487 e. The summed E-state index contributed by atoms with van der Waals surface area (Å²) in [5.74, 6) is -2.87. The summed E-state index contributed by atoms with van der Waals surface area (Å²) < 4.78 is 272. The minimum atomic E-state index is -5.03. The molecule has 6 aromatic heterocycles. The van der Waals surface area contributed by atoms with E-state index in [1.165, 1.54) is 73.4 Å². The smallest absolute Gasteiger partial charge is 0.483 e. The Hall–Kier alpha value is -13.7. The van der Waals surface area contributed by atoms with Crippen molar-refractivity contribution in [3.8, 4) is 102 Å². The molecule has 0 unspecified atom stereocenters. The van der Waals surface area contributed by atoms with Crippen LogP contribution in [0, 0.1) is 17.5 Å². The molecule has 0 spiro atoms. The quantitative estimate of drug-likeness (QED) is 0.0263. The van der Waals surface area contributed by atoms with E-state index in [0.717, 1.165) is 37.0 Å². The van der Waals surface area contributed by atoms with Crippen LogP contribution in [0.15, 0.2) is 224 Å². The van der Waals surface area contributed by atoms with Crippen LogP contribution in [0.4, 0.5) is 52.7 Å². The number of nitrogens with zero attached hydrogens (tertiary/aromatic N) is 3. The number of halogens is 12. The summed E-state index contributed by atoms with van der Waals surface area (Å²) >= 11 is 0. The molecule has 22 nitrogen and oxygen atoms in total. The highest BCUT2D eigenvalue weighted by Gasteiger charge is 2.41. The van der Waals surface area contributed by atoms with Gasteiger partial charge in [-0.15, -0.1) is 0 Å². The summed E-state index contributed by atoms with van der Waals surface area (Å²) in [6.45, 7) is 31.9. The highest BCUT2D eigenvalue weighted by Crippen LogP contribution is 2.54. The van der Waals surface area contributed by atoms with E-state index in [1.807, 2.05) is 125 Å². The number of oxazole rings is 3. The average molecular weight is 1960 g/mol. The molecule has 0 atom stereocenters. The zero-order chi connectivity index (χ0) is 101. The standard InChI is InChI=1S/C105H96F12N3O19P/c1-97(2,3)85-70(76-49-128-82-40-67(19-22-73(82)91(76)121)125-43-64-46-131-94(118-64)55-31-58(103(109,110)111)37-61(106)34-55)25-28-79(88(85)100(10,11)12)134-52-137-140(124,138-53-135-80-29-26-71(86(98(4,5)6)89(80)101(13,14)15)77-50-129-83-41-68(20-23-74(83)92(77)122)126-44-65-47-132-95(119-65)56-32-59(104(112,113)114)38-62(107)35-56)139-54-136-81-30-27-72(87(99(7,8)9)90(81)102(16,17)18)78-51-130-84-42-69(21-24-75(84)93(78)123)127-45-66-48-133-96(120-66)57-33-60(105(115,116)117)39-63(108)36-57/h19-42,46-51H,43-45,52-54H2,1-18H3. The summed E-state index contributed by atoms with van der Waals surface area (Å²) in [4.78, 5) is 57.3. The first kappa shape index (κ1) is 101. The Bertz CT molecular complexity index is 6810. The number of hydrogen-bond acceptors (Lipinski definition) is 22. The second kappa shape index (κ2) is 37.8. The van der Waals surface area contributed by atoms with Gasteiger partial charge in [-0.25, -0.2) is 46.3 Å². The molecule has 0 saturated heterocycles. The molecule has 6 heterocycles. The third kappa shape index (κ3) is 22.1. The molecule has 0 saturated carbocycles. The molecule has 0 N–H and O–H groups in total. The molecule has 0 fully saturated rings. The zero-order valence-electron chi connectivity index (χ0n) is 79.1. The van der Waals surface area contributed by atoms with Gasteiger partial charge in [0.2, 0.25) is 34.0 Å². The molecule has 0 aliphatic heterocycles. The second-order valence-electron chi connectivity index (χ2n) is 39.6. The van der Waals surface area contributed by atoms with E-state index in [1.54, 1.807) is 36.4 Å². The van der Waals surface area contributed by atoms with Gasteiger partial charge in [-0.1, -0.05) is 143 Å². The van der Waals surface area contributed by atoms with E-state index < -0.39 is 130 Å². The third-order valence-corrected chi connectivity index (χ3v) is 23.9. The van der Waals surface area contributed by atoms with Crippen molar-refractivity contribution in [2.45, 2.75) is 195 Å². The molecule has 35 heteroatoms. The maximum Gasteiger partial charge on any atom is 0.483 e. The fourth-order valence-corrected chi connectivity index (χ4v) is 17.5. The predicted octanol–water partition coefficient (Wildman–Crippen LogP) is 28.5. The molecular formula is C105H96F12N3O19P. The molecule has 0 bridgehead atoms. The van der Waals surface area contributed by atoms with E-state index in [-0.39, 0.29) is 155 Å². The van der Waals surface area contributed by atoms with Crippen molar-refractivity contribution in [2.24, 2.45) is 0 Å². The van der Waals surface area contributed by atoms with E-state index in [0.29, 0.717) is 86.5 Å². The van der Waals surface area contributed by atoms with E-state index in [9.17, 15) is 67.1 Å². The van der Waals surface area contributed by atoms with E-state index >= 15 is 4.57 Å². The highest BCUT2D eigenvalue weighted by atomic mass is 31.2. The van der Waals surface area contributed by atoms with Crippen LogP contribution in [0.5, 0.6) is 34.5 Å². The Morgan fingerprint density at radius 3 is 0.771 bits per heavy atom. The van der Waals surface area contributed by atoms with Crippen LogP contribution in [-0.2, 0) is 89.0 Å². The molecular weight excluding hydrogens is 1870 g/mol. The van der Waals surface area contributed by atoms with Crippen LogP contribution in [0.2, 0.25) is 0 Å². The van der Waals surface area contributed by atoms with Crippen LogP contribution in [-0.4, -0.2) is 35.3 Å². The summed E-state index contributed by atoms with van der Waals surface area (Å²) in [7, 11) is -5.03. The van der Waals surface area contributed by atoms with Gasteiger partial charge in [0, 0.05) is 51.6 Å². The fraction of sp³-hybridized carbons (Fsp3) is 0.314. The first-order chi connectivity index (χ1) is 65.3. The van der Waals surface area contributed by atoms with Gasteiger partial charge in [0.1, 0.15) is 143 Å². The topological polar surface area (TPSA) is 269 Å². The average Bonchev–Trinajstić information content (AvgIpc) is 0.772. The van der Waals surface area contributed by atoms with Crippen LogP contribution >= 0.6 is 7.82 Å². The van der Waals surface area contributed by atoms with Crippen molar-refractivity contribution >= 4 is 40.7 Å². The zero-order valence-corrected chi connectivity index (χ0v) is 80.0. The van der Waals surface area contributed by atoms with Gasteiger partial charge in [0.05, 0.1) is 49.5 Å². The van der Waals surface area contributed by atoms with Crippen molar-refractivity contribution in [2.75, 3.05) is 20.4 Å². The minimum absolute atomic E-state index is 0.136.